The number of rotatable bonds is 6. The Morgan fingerprint density at radius 3 is 2.33 bits per heavy atom. The monoisotopic (exact) mass is 549 g/mol. The van der Waals surface area contributed by atoms with Crippen molar-refractivity contribution in [2.24, 2.45) is 5.92 Å². The first-order valence-electron chi connectivity index (χ1n) is 14.7. The number of aryl methyl sites for hydroxylation is 2. The Bertz CT molecular complexity index is 1420. The van der Waals surface area contributed by atoms with Crippen molar-refractivity contribution in [2.45, 2.75) is 96.6 Å². The summed E-state index contributed by atoms with van der Waals surface area (Å²) in [6, 6.07) is 2.56. The van der Waals surface area contributed by atoms with Crippen LogP contribution in [0, 0.1) is 26.7 Å². The van der Waals surface area contributed by atoms with Gasteiger partial charge in [-0.25, -0.2) is 0 Å². The highest BCUT2D eigenvalue weighted by Gasteiger charge is 2.56. The molecule has 0 unspecified atom stereocenters. The zero-order chi connectivity index (χ0) is 28.6. The third kappa shape index (κ3) is 4.26. The van der Waals surface area contributed by atoms with Crippen molar-refractivity contribution in [3.8, 4) is 11.5 Å². The van der Waals surface area contributed by atoms with Gasteiger partial charge in [-0.15, -0.1) is 0 Å². The third-order valence-corrected chi connectivity index (χ3v) is 10.0. The molecule has 40 heavy (non-hydrogen) atoms. The fraction of sp³-hybridized carbons (Fsp3) is 0.625. The van der Waals surface area contributed by atoms with Gasteiger partial charge in [0.15, 0.2) is 11.5 Å². The number of methoxy groups -OCH3 is 1. The van der Waals surface area contributed by atoms with Crippen molar-refractivity contribution in [2.75, 3.05) is 27.7 Å². The number of H-pyrrole nitrogens is 1. The number of nitrogens with one attached hydrogen (secondary N) is 1. The lowest BCUT2D eigenvalue weighted by Crippen LogP contribution is -2.46. The smallest absolute Gasteiger partial charge is 0.254 e. The normalized spacial score (nSPS) is 26.5. The van der Waals surface area contributed by atoms with Gasteiger partial charge in [-0.2, -0.15) is 0 Å². The molecular formula is C32H43N3O5. The molecule has 1 atom stereocenters. The number of ether oxygens (including phenoxy) is 3. The summed E-state index contributed by atoms with van der Waals surface area (Å²) in [4.78, 5) is 34.2. The maximum absolute atomic E-state index is 14.2. The van der Waals surface area contributed by atoms with Gasteiger partial charge in [-0.1, -0.05) is 0 Å². The third-order valence-electron chi connectivity index (χ3n) is 10.0. The number of nitrogens with zero attached hydrogens (tertiary/aromatic N) is 2. The molecule has 6 rings (SSSR count). The molecule has 2 fully saturated rings. The fourth-order valence-electron chi connectivity index (χ4n) is 7.58. The van der Waals surface area contributed by atoms with Crippen molar-refractivity contribution in [3.05, 3.63) is 55.5 Å². The van der Waals surface area contributed by atoms with Gasteiger partial charge in [-0.3, -0.25) is 9.59 Å². The molecule has 0 radical (unpaired) electrons. The van der Waals surface area contributed by atoms with Crippen LogP contribution >= 0.6 is 0 Å². The summed E-state index contributed by atoms with van der Waals surface area (Å²) in [7, 11) is 6.00. The predicted octanol–water partition coefficient (Wildman–Crippen LogP) is 4.74. The first kappa shape index (κ1) is 27.3. The first-order chi connectivity index (χ1) is 19.0. The standard InChI is InChI=1S/C32H43N3O5/c1-18-14-19(2)33-29(36)23(18)15-35-17-32(12-13-32)26-24(16-38-7)28-27(20(3)25(26)30(35)37)39-31(4,40-28)21-8-10-22(11-9-21)34(5)6/h14,21-22H,8-13,15-17H2,1-7H3,(H,33,36)/t21?,22?,31-/m1/s1. The predicted molar refractivity (Wildman–Crippen MR) is 153 cm³/mol. The van der Waals surface area contributed by atoms with E-state index in [0.717, 1.165) is 72.2 Å². The number of fused-ring (bicyclic) bond motifs is 3. The number of pyridine rings is 1. The molecule has 1 amide bonds. The maximum atomic E-state index is 14.2. The molecule has 1 aromatic carbocycles. The Morgan fingerprint density at radius 2 is 1.73 bits per heavy atom. The van der Waals surface area contributed by atoms with E-state index >= 15 is 0 Å². The number of aromatic amines is 1. The molecule has 2 aliphatic heterocycles. The summed E-state index contributed by atoms with van der Waals surface area (Å²) in [5.74, 6) is 0.879. The van der Waals surface area contributed by atoms with Crippen molar-refractivity contribution < 1.29 is 19.0 Å². The Hall–Kier alpha value is -2.84. The molecule has 8 nitrogen and oxygen atoms in total. The molecule has 3 heterocycles. The van der Waals surface area contributed by atoms with E-state index in [9.17, 15) is 9.59 Å². The SMILES string of the molecule is COCc1c2c(c(C)c3c1C1(CC1)CN(Cc1c(C)cc(C)[nH]c1=O)C3=O)O[C@@](C)(C1CCC(N(C)C)CC1)O2. The number of amides is 1. The molecule has 8 heteroatoms. The Labute approximate surface area is 237 Å². The van der Waals surface area contributed by atoms with E-state index in [1.807, 2.05) is 31.7 Å². The molecule has 1 aromatic heterocycles. The average Bonchev–Trinajstić information content (AvgIpc) is 3.57. The Morgan fingerprint density at radius 1 is 1.05 bits per heavy atom. The summed E-state index contributed by atoms with van der Waals surface area (Å²) in [6.07, 6.45) is 6.29. The number of benzene rings is 1. The fourth-order valence-corrected chi connectivity index (χ4v) is 7.58. The van der Waals surface area contributed by atoms with Gasteiger partial charge in [0.25, 0.3) is 17.3 Å². The number of carbonyl (C=O) groups excluding carboxylic acids is 1. The number of hydrogen-bond acceptors (Lipinski definition) is 6. The molecule has 0 bridgehead atoms. The van der Waals surface area contributed by atoms with E-state index < -0.39 is 5.79 Å². The summed E-state index contributed by atoms with van der Waals surface area (Å²) in [6.45, 7) is 9.13. The molecule has 0 saturated heterocycles. The lowest BCUT2D eigenvalue weighted by molar-refractivity contribution is -0.123. The van der Waals surface area contributed by atoms with Crippen LogP contribution in [0.2, 0.25) is 0 Å². The molecule has 2 aliphatic carbocycles. The van der Waals surface area contributed by atoms with Crippen LogP contribution in [-0.2, 0) is 23.3 Å². The molecule has 1 N–H and O–H groups in total. The maximum Gasteiger partial charge on any atom is 0.254 e. The van der Waals surface area contributed by atoms with E-state index in [1.165, 1.54) is 0 Å². The largest absolute Gasteiger partial charge is 0.448 e. The summed E-state index contributed by atoms with van der Waals surface area (Å²) in [5, 5.41) is 0. The Kier molecular flexibility index (Phi) is 6.58. The topological polar surface area (TPSA) is 84.1 Å². The zero-order valence-corrected chi connectivity index (χ0v) is 25.0. The molecule has 2 saturated carbocycles. The van der Waals surface area contributed by atoms with Crippen LogP contribution in [0.4, 0.5) is 0 Å². The van der Waals surface area contributed by atoms with Crippen LogP contribution < -0.4 is 15.0 Å². The second kappa shape index (κ2) is 9.62. The van der Waals surface area contributed by atoms with Crippen molar-refractivity contribution in [3.63, 3.8) is 0 Å². The van der Waals surface area contributed by atoms with Crippen LogP contribution in [0.1, 0.15) is 89.3 Å². The lowest BCUT2D eigenvalue weighted by Gasteiger charge is -2.39. The number of carbonyl (C=O) groups is 1. The van der Waals surface area contributed by atoms with E-state index in [1.54, 1.807) is 7.11 Å². The first-order valence-corrected chi connectivity index (χ1v) is 14.7. The van der Waals surface area contributed by atoms with Crippen molar-refractivity contribution in [1.82, 2.24) is 14.8 Å². The highest BCUT2D eigenvalue weighted by molar-refractivity contribution is 6.01. The average molecular weight is 550 g/mol. The van der Waals surface area contributed by atoms with Crippen molar-refractivity contribution in [1.29, 1.82) is 0 Å². The van der Waals surface area contributed by atoms with Crippen LogP contribution in [0.5, 0.6) is 11.5 Å². The van der Waals surface area contributed by atoms with Crippen LogP contribution in [0.15, 0.2) is 10.9 Å². The minimum absolute atomic E-state index is 0.0479. The lowest BCUT2D eigenvalue weighted by atomic mass is 9.80. The number of hydrogen-bond donors (Lipinski definition) is 1. The highest BCUT2D eigenvalue weighted by Crippen LogP contribution is 2.60. The number of aromatic nitrogens is 1. The van der Waals surface area contributed by atoms with Gasteiger partial charge in [0.1, 0.15) is 0 Å². The van der Waals surface area contributed by atoms with Gasteiger partial charge in [0.05, 0.1) is 18.7 Å². The van der Waals surface area contributed by atoms with E-state index in [-0.39, 0.29) is 22.8 Å². The minimum Gasteiger partial charge on any atom is -0.448 e. The molecular weight excluding hydrogens is 506 g/mol. The molecule has 2 aromatic rings. The zero-order valence-electron chi connectivity index (χ0n) is 25.0. The van der Waals surface area contributed by atoms with Crippen molar-refractivity contribution >= 4 is 5.91 Å². The van der Waals surface area contributed by atoms with Crippen LogP contribution in [0.25, 0.3) is 0 Å². The van der Waals surface area contributed by atoms with Gasteiger partial charge in [0, 0.05) is 60.3 Å². The van der Waals surface area contributed by atoms with Gasteiger partial charge >= 0.3 is 0 Å². The van der Waals surface area contributed by atoms with Gasteiger partial charge < -0.3 is 29.0 Å². The summed E-state index contributed by atoms with van der Waals surface area (Å²) < 4.78 is 19.3. The summed E-state index contributed by atoms with van der Waals surface area (Å²) in [5.41, 5.74) is 5.69. The van der Waals surface area contributed by atoms with E-state index in [0.29, 0.717) is 42.6 Å². The second-order valence-electron chi connectivity index (χ2n) is 13.0. The minimum atomic E-state index is -0.775. The van der Waals surface area contributed by atoms with E-state index in [4.69, 9.17) is 14.2 Å². The quantitative estimate of drug-likeness (QED) is 0.560. The molecule has 216 valence electrons. The van der Waals surface area contributed by atoms with Gasteiger partial charge in [0.2, 0.25) is 0 Å². The molecule has 1 spiro atoms. The Balaban J connectivity index is 1.39. The second-order valence-corrected chi connectivity index (χ2v) is 13.0. The van der Waals surface area contributed by atoms with Crippen LogP contribution in [0.3, 0.4) is 0 Å². The highest BCUT2D eigenvalue weighted by atomic mass is 16.7. The molecule has 4 aliphatic rings. The summed E-state index contributed by atoms with van der Waals surface area (Å²) >= 11 is 0. The van der Waals surface area contributed by atoms with Gasteiger partial charge in [-0.05, 0) is 90.6 Å². The van der Waals surface area contributed by atoms with E-state index in [2.05, 4.69) is 30.9 Å². The van der Waals surface area contributed by atoms with Crippen LogP contribution in [-0.4, -0.2) is 60.3 Å².